The summed E-state index contributed by atoms with van der Waals surface area (Å²) in [5.41, 5.74) is -4.09. The van der Waals surface area contributed by atoms with E-state index in [-0.39, 0.29) is 56.7 Å². The highest BCUT2D eigenvalue weighted by Gasteiger charge is 2.63. The van der Waals surface area contributed by atoms with Gasteiger partial charge in [-0.05, 0) is 83.3 Å². The Hall–Kier alpha value is -4.29. The molecule has 6 rings (SSSR count). The third-order valence-electron chi connectivity index (χ3n) is 12.9. The summed E-state index contributed by atoms with van der Waals surface area (Å²) in [4.78, 5) is 63.3. The maximum atomic E-state index is 15.4. The number of aromatic nitrogens is 1. The number of allylic oxidation sites excluding steroid dienone is 1. The Labute approximate surface area is 359 Å². The van der Waals surface area contributed by atoms with Crippen LogP contribution < -0.4 is 19.5 Å². The van der Waals surface area contributed by atoms with Crippen molar-refractivity contribution in [3.8, 4) is 11.8 Å². The van der Waals surface area contributed by atoms with Gasteiger partial charge in [-0.1, -0.05) is 43.7 Å². The second kappa shape index (κ2) is 17.1. The first kappa shape index (κ1) is 46.2. The summed E-state index contributed by atoms with van der Waals surface area (Å²) < 4.78 is 75.9. The Morgan fingerprint density at radius 1 is 1.13 bits per heavy atom. The van der Waals surface area contributed by atoms with Crippen molar-refractivity contribution in [1.82, 2.24) is 24.8 Å². The van der Waals surface area contributed by atoms with Crippen LogP contribution >= 0.6 is 11.6 Å². The average Bonchev–Trinajstić information content (AvgIpc) is 4.05. The van der Waals surface area contributed by atoms with Crippen LogP contribution in [0.2, 0.25) is 5.02 Å². The standard InChI is InChI=1S/C42H56ClF2N5O10S/c1-24-11-8-9-12-26-22-42(26,37(53)48-61(56,57)40(5)15-16-40)47-34(51)31-20-27(60-35-28-13-10-14-30(43)29(28)21-32(46-35)59-18-17-58-7)23-49(31)36(52)33(25(2)19-24)50(38(54)55)39(3,4)41(6,44)45/h9-10,12-14,21,24-27,31,33H,8,11,15-20,22-23H2,1-7H3,(H,47,51)(H,48,53)(H,54,55)/t24-,25-,26-,27-,31+,33+,42-/m1/s1. The summed E-state index contributed by atoms with van der Waals surface area (Å²) in [5.74, 6) is -7.60. The van der Waals surface area contributed by atoms with Crippen LogP contribution in [0.3, 0.4) is 0 Å². The number of benzene rings is 1. The lowest BCUT2D eigenvalue weighted by Crippen LogP contribution is -2.66. The summed E-state index contributed by atoms with van der Waals surface area (Å²) >= 11 is 6.58. The number of amides is 4. The van der Waals surface area contributed by atoms with Crippen molar-refractivity contribution >= 4 is 56.2 Å². The van der Waals surface area contributed by atoms with Gasteiger partial charge < -0.3 is 29.5 Å². The van der Waals surface area contributed by atoms with Gasteiger partial charge in [0.15, 0.2) is 0 Å². The number of hydrogen-bond acceptors (Lipinski definition) is 10. The van der Waals surface area contributed by atoms with Gasteiger partial charge >= 0.3 is 6.09 Å². The molecule has 4 amide bonds. The molecule has 7 atom stereocenters. The van der Waals surface area contributed by atoms with Gasteiger partial charge in [-0.25, -0.2) is 22.0 Å². The molecule has 2 aromatic rings. The first-order valence-electron chi connectivity index (χ1n) is 20.6. The van der Waals surface area contributed by atoms with Crippen LogP contribution in [-0.4, -0.2) is 119 Å². The number of hydrogen-bond donors (Lipinski definition) is 3. The van der Waals surface area contributed by atoms with E-state index >= 15 is 13.6 Å². The first-order chi connectivity index (χ1) is 28.5. The Kier molecular flexibility index (Phi) is 13.0. The van der Waals surface area contributed by atoms with Crippen molar-refractivity contribution in [2.24, 2.45) is 17.8 Å². The molecule has 3 N–H and O–H groups in total. The molecule has 2 aliphatic carbocycles. The molecule has 2 saturated carbocycles. The topological polar surface area (TPSA) is 194 Å². The fraction of sp³-hybridized carbons (Fsp3) is 0.643. The Morgan fingerprint density at radius 2 is 1.84 bits per heavy atom. The zero-order valence-electron chi connectivity index (χ0n) is 35.5. The predicted octanol–water partition coefficient (Wildman–Crippen LogP) is 5.93. The highest BCUT2D eigenvalue weighted by Crippen LogP contribution is 2.48. The third kappa shape index (κ3) is 9.26. The third-order valence-corrected chi connectivity index (χ3v) is 15.4. The maximum Gasteiger partial charge on any atom is 0.408 e. The number of halogens is 3. The average molecular weight is 896 g/mol. The number of methoxy groups -OCH3 is 1. The summed E-state index contributed by atoms with van der Waals surface area (Å²) in [6.45, 7) is 7.86. The molecule has 1 saturated heterocycles. The molecule has 0 bridgehead atoms. The minimum atomic E-state index is -4.11. The van der Waals surface area contributed by atoms with E-state index in [0.29, 0.717) is 53.3 Å². The maximum absolute atomic E-state index is 15.4. The lowest BCUT2D eigenvalue weighted by Gasteiger charge is -2.47. The Bertz CT molecular complexity index is 2180. The molecule has 15 nitrogen and oxygen atoms in total. The van der Waals surface area contributed by atoms with Gasteiger partial charge in [0, 0.05) is 48.2 Å². The van der Waals surface area contributed by atoms with Crippen LogP contribution in [0.5, 0.6) is 11.8 Å². The normalized spacial score (nSPS) is 28.1. The molecule has 2 aliphatic heterocycles. The number of nitrogens with one attached hydrogen (secondary N) is 2. The fourth-order valence-corrected chi connectivity index (χ4v) is 9.94. The number of pyridine rings is 1. The lowest BCUT2D eigenvalue weighted by molar-refractivity contribution is -0.156. The molecule has 3 fully saturated rings. The van der Waals surface area contributed by atoms with E-state index in [0.717, 1.165) is 18.7 Å². The Morgan fingerprint density at radius 3 is 2.48 bits per heavy atom. The number of fused-ring (bicyclic) bond motifs is 3. The number of sulfonamides is 1. The molecule has 0 radical (unpaired) electrons. The molecule has 4 aliphatic rings. The number of rotatable bonds is 12. The molecule has 3 heterocycles. The van der Waals surface area contributed by atoms with Gasteiger partial charge in [0.25, 0.3) is 11.8 Å². The van der Waals surface area contributed by atoms with Crippen molar-refractivity contribution in [3.63, 3.8) is 0 Å². The number of alkyl halides is 2. The van der Waals surface area contributed by atoms with Crippen molar-refractivity contribution in [2.75, 3.05) is 26.9 Å². The summed E-state index contributed by atoms with van der Waals surface area (Å²) in [6.07, 6.45) is 2.80. The van der Waals surface area contributed by atoms with Gasteiger partial charge in [0.2, 0.25) is 33.6 Å². The predicted molar refractivity (Wildman–Crippen MR) is 222 cm³/mol. The molecule has 0 unspecified atom stereocenters. The van der Waals surface area contributed by atoms with Crippen molar-refractivity contribution in [1.29, 1.82) is 0 Å². The van der Waals surface area contributed by atoms with E-state index in [1.165, 1.54) is 14.0 Å². The van der Waals surface area contributed by atoms with E-state index in [4.69, 9.17) is 25.8 Å². The smallest absolute Gasteiger partial charge is 0.408 e. The van der Waals surface area contributed by atoms with E-state index in [9.17, 15) is 27.9 Å². The SMILES string of the molecule is COCCOc1cc2c(Cl)cccc2c(O[C@@H]2C[C@H]3C(=O)N[C@]4(C(=O)NS(=O)(=O)C5(C)CC5)C[C@H]4C=CCC[C@@H](C)C[C@@H](C)[C@H](N(C(=O)O)C(C)(C)C(C)(F)F)C(=O)N3C2)n1. The number of carbonyl (C=O) groups is 4. The molecule has 336 valence electrons. The van der Waals surface area contributed by atoms with Crippen molar-refractivity contribution < 1.29 is 55.7 Å². The first-order valence-corrected chi connectivity index (χ1v) is 22.5. The van der Waals surface area contributed by atoms with Crippen LogP contribution in [0.1, 0.15) is 86.5 Å². The highest BCUT2D eigenvalue weighted by atomic mass is 35.5. The molecule has 1 aromatic heterocycles. The van der Waals surface area contributed by atoms with Crippen LogP contribution in [0.15, 0.2) is 36.4 Å². The summed E-state index contributed by atoms with van der Waals surface area (Å²) in [5, 5.41) is 14.8. The zero-order chi connectivity index (χ0) is 44.9. The van der Waals surface area contributed by atoms with Crippen LogP contribution in [0.4, 0.5) is 13.6 Å². The van der Waals surface area contributed by atoms with Gasteiger partial charge in [-0.3, -0.25) is 24.0 Å². The largest absolute Gasteiger partial charge is 0.475 e. The van der Waals surface area contributed by atoms with E-state index in [1.54, 1.807) is 37.3 Å². The number of carboxylic acid groups (broad SMARTS) is 1. The lowest BCUT2D eigenvalue weighted by atomic mass is 9.84. The number of nitrogens with zero attached hydrogens (tertiary/aromatic N) is 3. The molecular formula is C42H56ClF2N5O10S. The van der Waals surface area contributed by atoms with Gasteiger partial charge in [-0.2, -0.15) is 4.98 Å². The van der Waals surface area contributed by atoms with Crippen molar-refractivity contribution in [2.45, 2.75) is 126 Å². The van der Waals surface area contributed by atoms with Crippen LogP contribution in [-0.2, 0) is 29.1 Å². The highest BCUT2D eigenvalue weighted by molar-refractivity contribution is 7.91. The number of carbonyl (C=O) groups excluding carboxylic acids is 3. The fourth-order valence-electron chi connectivity index (χ4n) is 8.40. The minimum Gasteiger partial charge on any atom is -0.475 e. The van der Waals surface area contributed by atoms with Gasteiger partial charge in [-0.15, -0.1) is 0 Å². The zero-order valence-corrected chi connectivity index (χ0v) is 37.1. The summed E-state index contributed by atoms with van der Waals surface area (Å²) in [6, 6.07) is 3.57. The molecule has 19 heteroatoms. The number of ether oxygens (including phenoxy) is 3. The van der Waals surface area contributed by atoms with E-state index < -0.39 is 85.6 Å². The second-order valence-electron chi connectivity index (χ2n) is 17.9. The molecule has 1 aromatic carbocycles. The van der Waals surface area contributed by atoms with Crippen LogP contribution in [0.25, 0.3) is 10.8 Å². The molecule has 61 heavy (non-hydrogen) atoms. The summed E-state index contributed by atoms with van der Waals surface area (Å²) in [7, 11) is -2.60. The monoisotopic (exact) mass is 895 g/mol. The van der Waals surface area contributed by atoms with Gasteiger partial charge in [0.1, 0.15) is 35.9 Å². The van der Waals surface area contributed by atoms with E-state index in [2.05, 4.69) is 15.0 Å². The van der Waals surface area contributed by atoms with Gasteiger partial charge in [0.05, 0.1) is 17.9 Å². The minimum absolute atomic E-state index is 0.0488. The quantitative estimate of drug-likeness (QED) is 0.169. The van der Waals surface area contributed by atoms with E-state index in [1.807, 2.05) is 13.0 Å². The Balaban J connectivity index is 1.44. The van der Waals surface area contributed by atoms with Crippen molar-refractivity contribution in [3.05, 3.63) is 41.4 Å². The van der Waals surface area contributed by atoms with Crippen LogP contribution in [0, 0.1) is 17.8 Å². The molecule has 0 spiro atoms. The second-order valence-corrected chi connectivity index (χ2v) is 20.6. The molecular weight excluding hydrogens is 840 g/mol.